The number of anilines is 1. The van der Waals surface area contributed by atoms with Crippen molar-refractivity contribution < 1.29 is 45.7 Å². The minimum Gasteiger partial charge on any atom is -0.505 e. The summed E-state index contributed by atoms with van der Waals surface area (Å²) in [7, 11) is 0. The summed E-state index contributed by atoms with van der Waals surface area (Å²) in [6.07, 6.45) is -5.04. The molecule has 43 heavy (non-hydrogen) atoms. The van der Waals surface area contributed by atoms with Crippen molar-refractivity contribution in [2.24, 2.45) is 0 Å². The molecule has 1 heterocycles. The summed E-state index contributed by atoms with van der Waals surface area (Å²) in [5.41, 5.74) is 1.40. The fourth-order valence-electron chi connectivity index (χ4n) is 4.46. The number of carbonyl (C=O) groups excluding carboxylic acids is 1. The Hall–Kier alpha value is -5.13. The third-order valence-electron chi connectivity index (χ3n) is 6.62. The second-order valence-electron chi connectivity index (χ2n) is 9.66. The Morgan fingerprint density at radius 3 is 2.21 bits per heavy atom. The number of phenols is 1. The van der Waals surface area contributed by atoms with Gasteiger partial charge in [-0.15, -0.1) is 0 Å². The number of hydrogen-bond donors (Lipinski definition) is 2. The summed E-state index contributed by atoms with van der Waals surface area (Å²) < 4.78 is 83.8. The molecule has 1 amide bonds. The van der Waals surface area contributed by atoms with Gasteiger partial charge >= 0.3 is 12.1 Å². The zero-order valence-electron chi connectivity index (χ0n) is 22.6. The van der Waals surface area contributed by atoms with Crippen LogP contribution in [0.4, 0.5) is 27.6 Å². The number of nitrogens with one attached hydrogen (secondary N) is 1. The summed E-state index contributed by atoms with van der Waals surface area (Å²) >= 11 is 0. The highest BCUT2D eigenvalue weighted by Crippen LogP contribution is 2.42. The van der Waals surface area contributed by atoms with Crippen LogP contribution < -0.4 is 20.2 Å². The van der Waals surface area contributed by atoms with Gasteiger partial charge in [-0.3, -0.25) is 9.59 Å². The summed E-state index contributed by atoms with van der Waals surface area (Å²) in [5, 5.41) is 11.9. The summed E-state index contributed by atoms with van der Waals surface area (Å²) in [6, 6.07) is 13.2. The number of benzene rings is 4. The Morgan fingerprint density at radius 2 is 1.53 bits per heavy atom. The average molecular weight is 600 g/mol. The summed E-state index contributed by atoms with van der Waals surface area (Å²) in [5.74, 6) is -4.06. The van der Waals surface area contributed by atoms with Crippen molar-refractivity contribution in [2.45, 2.75) is 20.0 Å². The van der Waals surface area contributed by atoms with Gasteiger partial charge in [0.2, 0.25) is 5.43 Å². The van der Waals surface area contributed by atoms with E-state index in [9.17, 15) is 36.6 Å². The SMILES string of the molecule is Cc1ccc(NC(=O)C(F)(F)F)cc1OCCOc1cc(-c2c3cc(F)c(=O)cc-3oc3cc(O)c(F)cc23)ccc1C. The number of ether oxygens (including phenoxy) is 2. The molecule has 12 heteroatoms. The molecule has 0 saturated carbocycles. The largest absolute Gasteiger partial charge is 0.505 e. The number of fused-ring (bicyclic) bond motifs is 2. The Kier molecular flexibility index (Phi) is 7.70. The summed E-state index contributed by atoms with van der Waals surface area (Å²) in [4.78, 5) is 23.2. The minimum atomic E-state index is -5.04. The molecular weight excluding hydrogens is 577 g/mol. The van der Waals surface area contributed by atoms with E-state index in [1.165, 1.54) is 18.2 Å². The first-order valence-electron chi connectivity index (χ1n) is 12.8. The first-order valence-corrected chi connectivity index (χ1v) is 12.8. The quantitative estimate of drug-likeness (QED) is 0.117. The molecule has 3 aromatic carbocycles. The molecular formula is C31H22F5NO6. The van der Waals surface area contributed by atoms with E-state index in [0.29, 0.717) is 28.0 Å². The van der Waals surface area contributed by atoms with Crippen LogP contribution in [0.2, 0.25) is 0 Å². The molecule has 5 rings (SSSR count). The molecule has 1 aliphatic carbocycles. The third-order valence-corrected chi connectivity index (χ3v) is 6.62. The lowest BCUT2D eigenvalue weighted by Crippen LogP contribution is -2.29. The van der Waals surface area contributed by atoms with Crippen LogP contribution in [0, 0.1) is 25.5 Å². The minimum absolute atomic E-state index is 0.00512. The number of carbonyl (C=O) groups is 1. The molecule has 7 nitrogen and oxygen atoms in total. The number of aromatic hydroxyl groups is 1. The van der Waals surface area contributed by atoms with Gasteiger partial charge in [-0.25, -0.2) is 8.78 Å². The van der Waals surface area contributed by atoms with Crippen molar-refractivity contribution in [3.8, 4) is 39.7 Å². The standard InChI is InChI=1S/C31H22F5NO6/c1-15-3-5-17(29-19-11-21(32)23(38)13-27(19)43-28-14-24(39)22(33)12-20(28)29)9-25(15)41-7-8-42-26-10-18(6-4-16(26)2)37-30(40)31(34,35)36/h3-6,9-14,38H,7-8H2,1-2H3,(H,37,40). The lowest BCUT2D eigenvalue weighted by Gasteiger charge is -2.17. The van der Waals surface area contributed by atoms with Crippen LogP contribution in [0.15, 0.2) is 69.9 Å². The highest BCUT2D eigenvalue weighted by molar-refractivity contribution is 6.02. The maximum Gasteiger partial charge on any atom is 0.471 e. The number of rotatable bonds is 7. The van der Waals surface area contributed by atoms with Gasteiger partial charge in [-0.1, -0.05) is 18.2 Å². The van der Waals surface area contributed by atoms with Gasteiger partial charge in [0.05, 0.1) is 0 Å². The van der Waals surface area contributed by atoms with Crippen LogP contribution in [-0.4, -0.2) is 30.4 Å². The molecule has 222 valence electrons. The number of alkyl halides is 3. The molecule has 0 unspecified atom stereocenters. The highest BCUT2D eigenvalue weighted by Gasteiger charge is 2.38. The second-order valence-corrected chi connectivity index (χ2v) is 9.66. The van der Waals surface area contributed by atoms with E-state index < -0.39 is 34.9 Å². The van der Waals surface area contributed by atoms with Crippen molar-refractivity contribution in [1.82, 2.24) is 0 Å². The van der Waals surface area contributed by atoms with E-state index in [1.807, 2.05) is 0 Å². The van der Waals surface area contributed by atoms with E-state index in [2.05, 4.69) is 0 Å². The molecule has 0 fully saturated rings. The number of phenolic OH excluding ortho intramolecular Hbond substituents is 1. The molecule has 1 aliphatic heterocycles. The lowest BCUT2D eigenvalue weighted by atomic mass is 9.92. The van der Waals surface area contributed by atoms with Crippen LogP contribution in [-0.2, 0) is 4.79 Å². The predicted octanol–water partition coefficient (Wildman–Crippen LogP) is 7.12. The molecule has 2 N–H and O–H groups in total. The van der Waals surface area contributed by atoms with Gasteiger partial charge in [0, 0.05) is 40.4 Å². The zero-order valence-corrected chi connectivity index (χ0v) is 22.6. The van der Waals surface area contributed by atoms with Gasteiger partial charge in [-0.2, -0.15) is 13.2 Å². The van der Waals surface area contributed by atoms with E-state index in [-0.39, 0.29) is 46.9 Å². The maximum atomic E-state index is 14.4. The Labute approximate surface area is 240 Å². The number of aryl methyl sites for hydroxylation is 2. The number of amides is 1. The molecule has 0 aromatic heterocycles. The molecule has 0 bridgehead atoms. The van der Waals surface area contributed by atoms with Gasteiger partial charge < -0.3 is 24.3 Å². The number of halogens is 5. The van der Waals surface area contributed by atoms with E-state index >= 15 is 0 Å². The molecule has 0 radical (unpaired) electrons. The van der Waals surface area contributed by atoms with E-state index in [4.69, 9.17) is 13.9 Å². The third kappa shape index (κ3) is 6.08. The van der Waals surface area contributed by atoms with Crippen LogP contribution in [0.3, 0.4) is 0 Å². The molecule has 3 aromatic rings. The Morgan fingerprint density at radius 1 is 0.884 bits per heavy atom. The van der Waals surface area contributed by atoms with Crippen molar-refractivity contribution in [3.05, 3.63) is 93.6 Å². The van der Waals surface area contributed by atoms with E-state index in [0.717, 1.165) is 24.3 Å². The smallest absolute Gasteiger partial charge is 0.471 e. The van der Waals surface area contributed by atoms with Crippen molar-refractivity contribution in [2.75, 3.05) is 18.5 Å². The van der Waals surface area contributed by atoms with Crippen LogP contribution in [0.1, 0.15) is 11.1 Å². The van der Waals surface area contributed by atoms with Crippen LogP contribution in [0.5, 0.6) is 17.2 Å². The van der Waals surface area contributed by atoms with Crippen molar-refractivity contribution >= 4 is 22.6 Å². The first-order chi connectivity index (χ1) is 20.3. The average Bonchev–Trinajstić information content (AvgIpc) is 2.94. The Bertz CT molecular complexity index is 1900. The monoisotopic (exact) mass is 599 g/mol. The molecule has 0 spiro atoms. The zero-order chi connectivity index (χ0) is 31.1. The first kappa shape index (κ1) is 29.4. The van der Waals surface area contributed by atoms with Gasteiger partial charge in [0.25, 0.3) is 0 Å². The van der Waals surface area contributed by atoms with Gasteiger partial charge in [0.1, 0.15) is 36.1 Å². The fourth-order valence-corrected chi connectivity index (χ4v) is 4.46. The second kappa shape index (κ2) is 11.3. The molecule has 0 atom stereocenters. The van der Waals surface area contributed by atoms with Crippen LogP contribution >= 0.6 is 0 Å². The topological polar surface area (TPSA) is 98.0 Å². The van der Waals surface area contributed by atoms with Gasteiger partial charge in [0.15, 0.2) is 17.4 Å². The number of hydrogen-bond acceptors (Lipinski definition) is 6. The lowest BCUT2D eigenvalue weighted by molar-refractivity contribution is -0.167. The molecule has 2 aliphatic rings. The predicted molar refractivity (Wildman–Crippen MR) is 148 cm³/mol. The molecule has 0 saturated heterocycles. The van der Waals surface area contributed by atoms with E-state index in [1.54, 1.807) is 37.4 Å². The summed E-state index contributed by atoms with van der Waals surface area (Å²) in [6.45, 7) is 3.44. The van der Waals surface area contributed by atoms with Crippen molar-refractivity contribution in [1.29, 1.82) is 0 Å². The van der Waals surface area contributed by atoms with Crippen molar-refractivity contribution in [3.63, 3.8) is 0 Å². The van der Waals surface area contributed by atoms with Gasteiger partial charge in [-0.05, 0) is 54.8 Å². The maximum absolute atomic E-state index is 14.4. The fraction of sp³-hybridized carbons (Fsp3) is 0.161. The Balaban J connectivity index is 1.41. The normalized spacial score (nSPS) is 11.6. The van der Waals surface area contributed by atoms with Crippen LogP contribution in [0.25, 0.3) is 33.4 Å². The highest BCUT2D eigenvalue weighted by atomic mass is 19.4.